The van der Waals surface area contributed by atoms with Crippen LogP contribution in [0.5, 0.6) is 17.2 Å². The molecule has 104 valence electrons. The highest BCUT2D eigenvalue weighted by Crippen LogP contribution is 2.52. The highest BCUT2D eigenvalue weighted by molar-refractivity contribution is 5.57. The normalized spacial score (nSPS) is 19.7. The lowest BCUT2D eigenvalue weighted by molar-refractivity contribution is 0.155. The molecule has 2 N–H and O–H groups in total. The van der Waals surface area contributed by atoms with Crippen molar-refractivity contribution in [3.8, 4) is 17.2 Å². The summed E-state index contributed by atoms with van der Waals surface area (Å²) in [6, 6.07) is 1.55. The third-order valence-corrected chi connectivity index (χ3v) is 4.19. The SMILES string of the molecule is COc1cc2c(c(C3(CN)CCC3)c1F)OCCO2. The standard InChI is InChI=1S/C14H18FNO3/c1-17-9-7-10-13(19-6-5-18-10)11(12(9)15)14(8-16)3-2-4-14/h7H,2-6,8,16H2,1H3. The summed E-state index contributed by atoms with van der Waals surface area (Å²) in [6.07, 6.45) is 2.82. The Kier molecular flexibility index (Phi) is 3.01. The number of ether oxygens (including phenoxy) is 3. The summed E-state index contributed by atoms with van der Waals surface area (Å²) in [5.41, 5.74) is 6.10. The van der Waals surface area contributed by atoms with Gasteiger partial charge in [0, 0.05) is 23.6 Å². The van der Waals surface area contributed by atoms with Gasteiger partial charge in [0.25, 0.3) is 0 Å². The Bertz CT molecular complexity index is 494. The van der Waals surface area contributed by atoms with Crippen LogP contribution in [0.15, 0.2) is 6.07 Å². The zero-order valence-corrected chi connectivity index (χ0v) is 11.0. The average molecular weight is 267 g/mol. The van der Waals surface area contributed by atoms with Crippen molar-refractivity contribution in [2.75, 3.05) is 26.9 Å². The van der Waals surface area contributed by atoms with Gasteiger partial charge < -0.3 is 19.9 Å². The third-order valence-electron chi connectivity index (χ3n) is 4.19. The van der Waals surface area contributed by atoms with Gasteiger partial charge in [-0.3, -0.25) is 0 Å². The minimum absolute atomic E-state index is 0.193. The minimum atomic E-state index is -0.364. The molecule has 0 bridgehead atoms. The summed E-state index contributed by atoms with van der Waals surface area (Å²) in [5, 5.41) is 0. The molecule has 1 aromatic rings. The van der Waals surface area contributed by atoms with Crippen molar-refractivity contribution in [1.82, 2.24) is 0 Å². The van der Waals surface area contributed by atoms with Gasteiger partial charge in [0.15, 0.2) is 23.1 Å². The molecule has 5 heteroatoms. The lowest BCUT2D eigenvalue weighted by atomic mass is 9.64. The van der Waals surface area contributed by atoms with Crippen LogP contribution in [0, 0.1) is 5.82 Å². The molecule has 0 unspecified atom stereocenters. The molecule has 0 amide bonds. The van der Waals surface area contributed by atoms with Crippen LogP contribution in [-0.4, -0.2) is 26.9 Å². The molecule has 0 radical (unpaired) electrons. The highest BCUT2D eigenvalue weighted by atomic mass is 19.1. The predicted molar refractivity (Wildman–Crippen MR) is 68.5 cm³/mol. The summed E-state index contributed by atoms with van der Waals surface area (Å²) in [5.74, 6) is 0.893. The zero-order valence-electron chi connectivity index (χ0n) is 11.0. The Morgan fingerprint density at radius 2 is 2.11 bits per heavy atom. The lowest BCUT2D eigenvalue weighted by Crippen LogP contribution is -2.43. The van der Waals surface area contributed by atoms with Crippen LogP contribution >= 0.6 is 0 Å². The zero-order chi connectivity index (χ0) is 13.5. The van der Waals surface area contributed by atoms with Gasteiger partial charge in [-0.15, -0.1) is 0 Å². The fraction of sp³-hybridized carbons (Fsp3) is 0.571. The van der Waals surface area contributed by atoms with E-state index >= 15 is 0 Å². The second-order valence-corrected chi connectivity index (χ2v) is 5.13. The van der Waals surface area contributed by atoms with Gasteiger partial charge in [0.1, 0.15) is 13.2 Å². The van der Waals surface area contributed by atoms with Crippen LogP contribution in [0.2, 0.25) is 0 Å². The van der Waals surface area contributed by atoms with Crippen LogP contribution in [0.25, 0.3) is 0 Å². The molecular formula is C14H18FNO3. The topological polar surface area (TPSA) is 53.7 Å². The molecule has 1 saturated carbocycles. The van der Waals surface area contributed by atoms with E-state index in [4.69, 9.17) is 19.9 Å². The number of hydrogen-bond donors (Lipinski definition) is 1. The first-order chi connectivity index (χ1) is 9.22. The number of halogens is 1. The fourth-order valence-corrected chi connectivity index (χ4v) is 2.92. The van der Waals surface area contributed by atoms with Gasteiger partial charge in [0.05, 0.1) is 7.11 Å². The fourth-order valence-electron chi connectivity index (χ4n) is 2.92. The van der Waals surface area contributed by atoms with E-state index in [-0.39, 0.29) is 17.0 Å². The number of fused-ring (bicyclic) bond motifs is 1. The Hall–Kier alpha value is -1.49. The monoisotopic (exact) mass is 267 g/mol. The number of hydrogen-bond acceptors (Lipinski definition) is 4. The first-order valence-corrected chi connectivity index (χ1v) is 6.58. The quantitative estimate of drug-likeness (QED) is 0.910. The van der Waals surface area contributed by atoms with E-state index in [2.05, 4.69) is 0 Å². The minimum Gasteiger partial charge on any atom is -0.494 e. The van der Waals surface area contributed by atoms with Gasteiger partial charge in [-0.2, -0.15) is 0 Å². The van der Waals surface area contributed by atoms with Gasteiger partial charge in [-0.25, -0.2) is 4.39 Å². The summed E-state index contributed by atoms with van der Waals surface area (Å²) < 4.78 is 31.0. The van der Waals surface area contributed by atoms with Gasteiger partial charge in [-0.1, -0.05) is 6.42 Å². The van der Waals surface area contributed by atoms with E-state index in [1.807, 2.05) is 0 Å². The molecular weight excluding hydrogens is 249 g/mol. The molecule has 0 spiro atoms. The molecule has 0 saturated heterocycles. The van der Waals surface area contributed by atoms with Crippen molar-refractivity contribution in [2.24, 2.45) is 5.73 Å². The molecule has 4 nitrogen and oxygen atoms in total. The largest absolute Gasteiger partial charge is 0.494 e. The van der Waals surface area contributed by atoms with E-state index < -0.39 is 0 Å². The first-order valence-electron chi connectivity index (χ1n) is 6.58. The summed E-state index contributed by atoms with van der Waals surface area (Å²) in [6.45, 7) is 1.32. The van der Waals surface area contributed by atoms with Crippen LogP contribution in [0.3, 0.4) is 0 Å². The molecule has 0 atom stereocenters. The van der Waals surface area contributed by atoms with Crippen molar-refractivity contribution in [1.29, 1.82) is 0 Å². The van der Waals surface area contributed by atoms with Crippen LogP contribution < -0.4 is 19.9 Å². The average Bonchev–Trinajstić information content (AvgIpc) is 2.40. The summed E-state index contributed by atoms with van der Waals surface area (Å²) in [4.78, 5) is 0. The van der Waals surface area contributed by atoms with Crippen molar-refractivity contribution in [2.45, 2.75) is 24.7 Å². The summed E-state index contributed by atoms with van der Waals surface area (Å²) in [7, 11) is 1.45. The first kappa shape index (κ1) is 12.5. The van der Waals surface area contributed by atoms with E-state index in [0.717, 1.165) is 19.3 Å². The highest BCUT2D eigenvalue weighted by Gasteiger charge is 2.44. The number of rotatable bonds is 3. The summed E-state index contributed by atoms with van der Waals surface area (Å²) >= 11 is 0. The molecule has 19 heavy (non-hydrogen) atoms. The van der Waals surface area contributed by atoms with Crippen molar-refractivity contribution in [3.05, 3.63) is 17.4 Å². The van der Waals surface area contributed by atoms with Crippen LogP contribution in [0.4, 0.5) is 4.39 Å². The predicted octanol–water partition coefficient (Wildman–Crippen LogP) is 1.99. The Balaban J connectivity index is 2.20. The maximum Gasteiger partial charge on any atom is 0.172 e. The second kappa shape index (κ2) is 4.56. The molecule has 3 rings (SSSR count). The van der Waals surface area contributed by atoms with E-state index in [1.165, 1.54) is 7.11 Å². The third kappa shape index (κ3) is 1.75. The van der Waals surface area contributed by atoms with Crippen LogP contribution in [-0.2, 0) is 5.41 Å². The Labute approximate surface area is 111 Å². The molecule has 1 aliphatic heterocycles. The van der Waals surface area contributed by atoms with Gasteiger partial charge in [-0.05, 0) is 12.8 Å². The molecule has 1 heterocycles. The molecule has 1 aromatic carbocycles. The van der Waals surface area contributed by atoms with Gasteiger partial charge in [0.2, 0.25) is 0 Å². The molecule has 1 aliphatic carbocycles. The Morgan fingerprint density at radius 3 is 2.68 bits per heavy atom. The number of benzene rings is 1. The van der Waals surface area contributed by atoms with Gasteiger partial charge >= 0.3 is 0 Å². The lowest BCUT2D eigenvalue weighted by Gasteiger charge is -2.43. The smallest absolute Gasteiger partial charge is 0.172 e. The van der Waals surface area contributed by atoms with Crippen molar-refractivity contribution < 1.29 is 18.6 Å². The number of methoxy groups -OCH3 is 1. The maximum absolute atomic E-state index is 14.6. The molecule has 2 aliphatic rings. The molecule has 1 fully saturated rings. The van der Waals surface area contributed by atoms with E-state index in [0.29, 0.717) is 36.8 Å². The Morgan fingerprint density at radius 1 is 1.37 bits per heavy atom. The van der Waals surface area contributed by atoms with Crippen LogP contribution in [0.1, 0.15) is 24.8 Å². The van der Waals surface area contributed by atoms with Crippen molar-refractivity contribution >= 4 is 0 Å². The number of nitrogens with two attached hydrogens (primary N) is 1. The van der Waals surface area contributed by atoms with Crippen molar-refractivity contribution in [3.63, 3.8) is 0 Å². The maximum atomic E-state index is 14.6. The van der Waals surface area contributed by atoms with E-state index in [1.54, 1.807) is 6.07 Å². The molecule has 0 aromatic heterocycles. The second-order valence-electron chi connectivity index (χ2n) is 5.13. The van der Waals surface area contributed by atoms with E-state index in [9.17, 15) is 4.39 Å².